The van der Waals surface area contributed by atoms with Crippen LogP contribution in [0.25, 0.3) is 10.9 Å². The number of carbonyl (C=O) groups excluding carboxylic acids is 1. The number of aryl methyl sites for hydroxylation is 1. The average Bonchev–Trinajstić information content (AvgIpc) is 2.82. The zero-order chi connectivity index (χ0) is 22.7. The first-order valence-corrected chi connectivity index (χ1v) is 11.9. The van der Waals surface area contributed by atoms with E-state index < -0.39 is 0 Å². The zero-order valence-electron chi connectivity index (χ0n) is 19.7. The number of carbonyl (C=O) groups is 1. The Morgan fingerprint density at radius 2 is 1.81 bits per heavy atom. The summed E-state index contributed by atoms with van der Waals surface area (Å²) >= 11 is 0. The Balaban J connectivity index is 1.78. The highest BCUT2D eigenvalue weighted by molar-refractivity contribution is 5.91. The molecule has 3 aromatic rings. The Morgan fingerprint density at radius 3 is 2.56 bits per heavy atom. The highest BCUT2D eigenvalue weighted by Gasteiger charge is 2.48. The van der Waals surface area contributed by atoms with Crippen molar-refractivity contribution in [3.05, 3.63) is 77.5 Å². The van der Waals surface area contributed by atoms with Crippen molar-refractivity contribution in [1.82, 2.24) is 4.98 Å². The number of piperidine rings is 1. The molecular formula is C28H35N2O2+. The van der Waals surface area contributed by atoms with E-state index in [1.54, 1.807) is 0 Å². The monoisotopic (exact) mass is 431 g/mol. The molecule has 2 heterocycles. The van der Waals surface area contributed by atoms with E-state index in [0.717, 1.165) is 41.4 Å². The second-order valence-electron chi connectivity index (χ2n) is 9.50. The fourth-order valence-electron chi connectivity index (χ4n) is 5.49. The predicted molar refractivity (Wildman–Crippen MR) is 128 cm³/mol. The summed E-state index contributed by atoms with van der Waals surface area (Å²) in [5.41, 5.74) is 3.30. The Morgan fingerprint density at radius 1 is 1.09 bits per heavy atom. The maximum Gasteiger partial charge on any atom is 0.339 e. The number of hydrogen-bond donors (Lipinski definition) is 1. The fourth-order valence-corrected chi connectivity index (χ4v) is 5.49. The molecule has 32 heavy (non-hydrogen) atoms. The van der Waals surface area contributed by atoms with Gasteiger partial charge in [-0.25, -0.2) is 4.79 Å². The first-order chi connectivity index (χ1) is 15.5. The van der Waals surface area contributed by atoms with Crippen LogP contribution in [0.5, 0.6) is 0 Å². The maximum absolute atomic E-state index is 13.4. The molecule has 0 aliphatic carbocycles. The molecule has 1 fully saturated rings. The van der Waals surface area contributed by atoms with Gasteiger partial charge in [0.25, 0.3) is 0 Å². The third-order valence-corrected chi connectivity index (χ3v) is 7.46. The number of pyridine rings is 1. The van der Waals surface area contributed by atoms with Crippen molar-refractivity contribution in [2.24, 2.45) is 11.8 Å². The number of quaternary nitrogens is 1. The number of nitrogens with two attached hydrogens (primary N) is 1. The lowest BCUT2D eigenvalue weighted by Crippen LogP contribution is -3.00. The van der Waals surface area contributed by atoms with Crippen LogP contribution in [0.15, 0.2) is 60.8 Å². The van der Waals surface area contributed by atoms with Gasteiger partial charge in [0.2, 0.25) is 0 Å². The first-order valence-electron chi connectivity index (χ1n) is 11.9. The minimum atomic E-state index is -0.366. The molecule has 0 saturated carbocycles. The van der Waals surface area contributed by atoms with Crippen LogP contribution in [-0.4, -0.2) is 23.0 Å². The van der Waals surface area contributed by atoms with E-state index in [-0.39, 0.29) is 17.6 Å². The molecule has 2 N–H and O–H groups in total. The second-order valence-corrected chi connectivity index (χ2v) is 9.50. The summed E-state index contributed by atoms with van der Waals surface area (Å²) in [6.07, 6.45) is 4.83. The number of benzene rings is 2. The lowest BCUT2D eigenvalue weighted by molar-refractivity contribution is -0.749. The molecule has 0 amide bonds. The van der Waals surface area contributed by atoms with Crippen LogP contribution in [0.2, 0.25) is 0 Å². The van der Waals surface area contributed by atoms with E-state index in [0.29, 0.717) is 17.4 Å². The summed E-state index contributed by atoms with van der Waals surface area (Å²) in [7, 11) is 0. The van der Waals surface area contributed by atoms with Crippen LogP contribution >= 0.6 is 0 Å². The number of nitrogens with zero attached hydrogens (tertiary/aromatic N) is 1. The smallest absolute Gasteiger partial charge is 0.339 e. The summed E-state index contributed by atoms with van der Waals surface area (Å²) in [4.78, 5) is 17.9. The van der Waals surface area contributed by atoms with Crippen molar-refractivity contribution in [1.29, 1.82) is 0 Å². The Hall–Kier alpha value is -2.72. The summed E-state index contributed by atoms with van der Waals surface area (Å²) in [6, 6.07) is 17.8. The third kappa shape index (κ3) is 4.29. The van der Waals surface area contributed by atoms with E-state index in [1.807, 2.05) is 61.7 Å². The van der Waals surface area contributed by atoms with Crippen molar-refractivity contribution >= 4 is 16.9 Å². The van der Waals surface area contributed by atoms with Crippen LogP contribution in [0.3, 0.4) is 0 Å². The predicted octanol–water partition coefficient (Wildman–Crippen LogP) is 5.22. The molecule has 0 radical (unpaired) electrons. The molecule has 4 atom stereocenters. The topological polar surface area (TPSA) is 55.8 Å². The second kappa shape index (κ2) is 9.41. The van der Waals surface area contributed by atoms with Crippen molar-refractivity contribution in [3.8, 4) is 0 Å². The Kier molecular flexibility index (Phi) is 6.61. The van der Waals surface area contributed by atoms with Gasteiger partial charge in [-0.1, -0.05) is 56.7 Å². The highest BCUT2D eigenvalue weighted by Crippen LogP contribution is 2.40. The van der Waals surface area contributed by atoms with Crippen LogP contribution in [-0.2, 0) is 4.74 Å². The molecule has 4 heteroatoms. The maximum atomic E-state index is 13.4. The number of fused-ring (bicyclic) bond motifs is 1. The van der Waals surface area contributed by atoms with E-state index in [2.05, 4.69) is 37.1 Å². The van der Waals surface area contributed by atoms with Gasteiger partial charge in [0.15, 0.2) is 6.10 Å². The number of esters is 1. The van der Waals surface area contributed by atoms with Gasteiger partial charge in [0.05, 0.1) is 17.6 Å². The molecule has 1 saturated heterocycles. The lowest BCUT2D eigenvalue weighted by Gasteiger charge is -2.44. The van der Waals surface area contributed by atoms with Gasteiger partial charge in [0, 0.05) is 29.5 Å². The summed E-state index contributed by atoms with van der Waals surface area (Å²) < 4.78 is 6.42. The molecule has 0 unspecified atom stereocenters. The largest absolute Gasteiger partial charge is 0.447 e. The van der Waals surface area contributed by atoms with E-state index in [4.69, 9.17) is 4.74 Å². The molecule has 1 aromatic heterocycles. The van der Waals surface area contributed by atoms with Gasteiger partial charge in [-0.05, 0) is 49.9 Å². The Bertz CT molecular complexity index is 1090. The van der Waals surface area contributed by atoms with Crippen LogP contribution in [0.4, 0.5) is 0 Å². The molecular weight excluding hydrogens is 396 g/mol. The van der Waals surface area contributed by atoms with Crippen LogP contribution in [0.1, 0.15) is 67.6 Å². The molecule has 168 valence electrons. The van der Waals surface area contributed by atoms with Gasteiger partial charge in [0.1, 0.15) is 5.54 Å². The third-order valence-electron chi connectivity index (χ3n) is 7.46. The molecule has 2 aromatic carbocycles. The molecule has 1 aliphatic rings. The average molecular weight is 432 g/mol. The van der Waals surface area contributed by atoms with Crippen molar-refractivity contribution in [2.45, 2.75) is 58.6 Å². The highest BCUT2D eigenvalue weighted by atomic mass is 16.5. The minimum Gasteiger partial charge on any atom is -0.447 e. The van der Waals surface area contributed by atoms with Gasteiger partial charge in [-0.2, -0.15) is 0 Å². The molecule has 0 bridgehead atoms. The molecule has 1 aliphatic heterocycles. The fraction of sp³-hybridized carbons (Fsp3) is 0.429. The first kappa shape index (κ1) is 22.5. The van der Waals surface area contributed by atoms with Crippen LogP contribution < -0.4 is 5.32 Å². The van der Waals surface area contributed by atoms with Gasteiger partial charge >= 0.3 is 5.97 Å². The lowest BCUT2D eigenvalue weighted by atomic mass is 9.71. The van der Waals surface area contributed by atoms with Gasteiger partial charge in [-0.3, -0.25) is 4.98 Å². The standard InChI is InChI=1S/C28H34N2O2/c1-5-20-17-28(4,30-18-21(20)6-2)26(32-27(31)22-12-8-7-11-19(22)3)24-15-16-29-25-14-10-9-13-23(24)25/h7-16,20-21,26,30H,5-6,17-18H2,1-4H3/p+1/t20-,21-,26+,28-/m0/s1. The molecule has 4 nitrogen and oxygen atoms in total. The molecule has 4 rings (SSSR count). The van der Waals surface area contributed by atoms with Gasteiger partial charge in [-0.15, -0.1) is 0 Å². The van der Waals surface area contributed by atoms with E-state index in [9.17, 15) is 4.79 Å². The summed E-state index contributed by atoms with van der Waals surface area (Å²) in [5, 5.41) is 3.48. The summed E-state index contributed by atoms with van der Waals surface area (Å²) in [5.74, 6) is 1.08. The van der Waals surface area contributed by atoms with E-state index >= 15 is 0 Å². The van der Waals surface area contributed by atoms with Gasteiger partial charge < -0.3 is 10.1 Å². The number of aromatic nitrogens is 1. The number of hydrogen-bond acceptors (Lipinski definition) is 3. The van der Waals surface area contributed by atoms with Crippen molar-refractivity contribution in [3.63, 3.8) is 0 Å². The zero-order valence-corrected chi connectivity index (χ0v) is 19.7. The number of ether oxygens (including phenoxy) is 1. The van der Waals surface area contributed by atoms with Crippen molar-refractivity contribution in [2.75, 3.05) is 6.54 Å². The number of rotatable bonds is 6. The SMILES string of the molecule is CC[C@H]1C[NH2+][C@](C)([C@H](OC(=O)c2ccccc2C)c2ccnc3ccccc23)C[C@@H]1CC. The van der Waals surface area contributed by atoms with Crippen molar-refractivity contribution < 1.29 is 14.8 Å². The quantitative estimate of drug-likeness (QED) is 0.545. The molecule has 0 spiro atoms. The summed E-state index contributed by atoms with van der Waals surface area (Å²) in [6.45, 7) is 9.87. The minimum absolute atomic E-state index is 0.241. The normalized spacial score (nSPS) is 24.2. The Labute approximate surface area is 191 Å². The van der Waals surface area contributed by atoms with E-state index in [1.165, 1.54) is 6.42 Å². The number of para-hydroxylation sites is 1. The van der Waals surface area contributed by atoms with Crippen LogP contribution in [0, 0.1) is 18.8 Å².